The summed E-state index contributed by atoms with van der Waals surface area (Å²) in [6, 6.07) is 3.93. The van der Waals surface area contributed by atoms with Crippen LogP contribution in [0.4, 0.5) is 23.7 Å². The predicted molar refractivity (Wildman–Crippen MR) is 165 cm³/mol. The Labute approximate surface area is 263 Å². The van der Waals surface area contributed by atoms with Gasteiger partial charge in [0.25, 0.3) is 0 Å². The Hall–Kier alpha value is -3.09. The number of carbonyl (C=O) groups excluding carboxylic acids is 2. The number of hydrogen-bond acceptors (Lipinski definition) is 8. The highest BCUT2D eigenvalue weighted by Gasteiger charge is 2.33. The Kier molecular flexibility index (Phi) is 12.0. The van der Waals surface area contributed by atoms with Crippen LogP contribution < -0.4 is 4.90 Å². The first-order valence-electron chi connectivity index (χ1n) is 15.7. The van der Waals surface area contributed by atoms with Gasteiger partial charge in [0.15, 0.2) is 0 Å². The highest BCUT2D eigenvalue weighted by molar-refractivity contribution is 5.71. The summed E-state index contributed by atoms with van der Waals surface area (Å²) in [6.07, 6.45) is -1.44. The largest absolute Gasteiger partial charge is 0.457 e. The van der Waals surface area contributed by atoms with Gasteiger partial charge in [-0.1, -0.05) is 26.0 Å². The summed E-state index contributed by atoms with van der Waals surface area (Å²) < 4.78 is 58.9. The lowest BCUT2D eigenvalue weighted by atomic mass is 9.91. The molecular weight excluding hydrogens is 591 g/mol. The Morgan fingerprint density at radius 1 is 1.02 bits per heavy atom. The fraction of sp³-hybridized carbons (Fsp3) is 0.636. The van der Waals surface area contributed by atoms with Crippen molar-refractivity contribution in [3.05, 3.63) is 47.1 Å². The third-order valence-electron chi connectivity index (χ3n) is 8.74. The van der Waals surface area contributed by atoms with E-state index in [0.29, 0.717) is 69.1 Å². The van der Waals surface area contributed by atoms with Crippen LogP contribution in [-0.2, 0) is 25.2 Å². The van der Waals surface area contributed by atoms with Crippen LogP contribution in [0.15, 0.2) is 35.9 Å². The molecule has 0 bridgehead atoms. The summed E-state index contributed by atoms with van der Waals surface area (Å²) in [6.45, 7) is 9.96. The second-order valence-electron chi connectivity index (χ2n) is 12.5. The molecule has 1 amide bonds. The summed E-state index contributed by atoms with van der Waals surface area (Å²) in [5.41, 5.74) is 0.544. The van der Waals surface area contributed by atoms with Gasteiger partial charge >= 0.3 is 18.2 Å². The lowest BCUT2D eigenvalue weighted by Gasteiger charge is -2.33. The van der Waals surface area contributed by atoms with E-state index in [2.05, 4.69) is 4.90 Å². The number of anilines is 1. The van der Waals surface area contributed by atoms with Crippen molar-refractivity contribution in [2.75, 3.05) is 64.4 Å². The summed E-state index contributed by atoms with van der Waals surface area (Å²) >= 11 is 0. The van der Waals surface area contributed by atoms with E-state index in [4.69, 9.17) is 14.2 Å². The molecule has 12 heteroatoms. The van der Waals surface area contributed by atoms with E-state index in [1.54, 1.807) is 30.0 Å². The molecule has 1 aromatic rings. The molecule has 0 spiro atoms. The van der Waals surface area contributed by atoms with Crippen molar-refractivity contribution in [2.24, 2.45) is 11.8 Å². The first kappa shape index (κ1) is 34.8. The Bertz CT molecular complexity index is 1220. The lowest BCUT2D eigenvalue weighted by Crippen LogP contribution is -2.48. The summed E-state index contributed by atoms with van der Waals surface area (Å²) in [4.78, 5) is 31.6. The van der Waals surface area contributed by atoms with Crippen LogP contribution in [0.25, 0.3) is 6.08 Å². The highest BCUT2D eigenvalue weighted by atomic mass is 19.4. The van der Waals surface area contributed by atoms with E-state index in [0.717, 1.165) is 25.2 Å². The maximum atomic E-state index is 13.9. The van der Waals surface area contributed by atoms with Gasteiger partial charge in [-0.25, -0.2) is 4.79 Å². The van der Waals surface area contributed by atoms with Crippen LogP contribution in [0.1, 0.15) is 51.2 Å². The number of benzene rings is 1. The van der Waals surface area contributed by atoms with Gasteiger partial charge in [-0.15, -0.1) is 0 Å². The summed E-state index contributed by atoms with van der Waals surface area (Å²) in [5.74, 6) is -1.14. The number of piperazine rings is 1. The molecule has 0 aliphatic carbocycles. The first-order valence-corrected chi connectivity index (χ1v) is 15.7. The predicted octanol–water partition coefficient (Wildman–Crippen LogP) is 4.98. The molecule has 45 heavy (non-hydrogen) atoms. The Morgan fingerprint density at radius 3 is 2.38 bits per heavy atom. The fourth-order valence-electron chi connectivity index (χ4n) is 5.86. The molecule has 9 nitrogen and oxygen atoms in total. The molecule has 1 aromatic carbocycles. The van der Waals surface area contributed by atoms with Gasteiger partial charge < -0.3 is 34.0 Å². The zero-order valence-corrected chi connectivity index (χ0v) is 26.6. The van der Waals surface area contributed by atoms with E-state index in [9.17, 15) is 27.9 Å². The fourth-order valence-corrected chi connectivity index (χ4v) is 5.86. The SMILES string of the molecule is C/C(=C\c1cc(N2CCOCC2)cc(C(F)(F)F)c1)[C@H]1OC(=O)C[C@H](O)CC[C@H](C)[C@@H](OC(=O)N2CCN(C)CC2)/C=C\[C@@H]1C. The number of rotatable bonds is 4. The standard InChI is InChI=1S/C33H46F3N3O6/c1-22-5-7-28(40)21-30(41)45-31(23(2)6-8-29(22)44-32(42)39-11-9-37(4)10-12-39)24(3)17-25-18-26(33(34,35)36)20-27(19-25)38-13-15-43-16-14-38/h6,8,17-20,22-23,28-29,31,40H,5,7,9-16,21H2,1-4H3/b8-6-,24-17+/t22-,23-,28+,29-,31-/m0/s1. The van der Waals surface area contributed by atoms with Gasteiger partial charge in [-0.3, -0.25) is 4.79 Å². The number of morpholine rings is 1. The molecule has 1 N–H and O–H groups in total. The summed E-state index contributed by atoms with van der Waals surface area (Å²) in [7, 11) is 2.00. The van der Waals surface area contributed by atoms with E-state index in [-0.39, 0.29) is 12.3 Å². The van der Waals surface area contributed by atoms with Crippen LogP contribution in [0, 0.1) is 11.8 Å². The minimum Gasteiger partial charge on any atom is -0.457 e. The molecule has 3 aliphatic heterocycles. The van der Waals surface area contributed by atoms with Gasteiger partial charge in [-0.05, 0) is 68.1 Å². The number of ether oxygens (including phenoxy) is 3. The third kappa shape index (κ3) is 9.95. The van der Waals surface area contributed by atoms with Crippen molar-refractivity contribution in [3.63, 3.8) is 0 Å². The maximum Gasteiger partial charge on any atom is 0.416 e. The minimum absolute atomic E-state index is 0.131. The normalized spacial score (nSPS) is 28.9. The zero-order chi connectivity index (χ0) is 32.7. The molecule has 2 saturated heterocycles. The number of cyclic esters (lactones) is 1. The topological polar surface area (TPSA) is 91.8 Å². The minimum atomic E-state index is -4.54. The third-order valence-corrected chi connectivity index (χ3v) is 8.74. The van der Waals surface area contributed by atoms with Crippen LogP contribution in [-0.4, -0.2) is 105 Å². The quantitative estimate of drug-likeness (QED) is 0.365. The molecule has 250 valence electrons. The number of carbonyl (C=O) groups is 2. The van der Waals surface area contributed by atoms with Gasteiger partial charge in [0.05, 0.1) is 31.3 Å². The molecule has 5 atom stereocenters. The van der Waals surface area contributed by atoms with Crippen molar-refractivity contribution in [2.45, 2.75) is 64.5 Å². The first-order chi connectivity index (χ1) is 21.3. The average Bonchev–Trinajstić information content (AvgIpc) is 3.00. The van der Waals surface area contributed by atoms with Gasteiger partial charge in [-0.2, -0.15) is 13.2 Å². The number of hydrogen-bond donors (Lipinski definition) is 1. The number of nitrogens with zero attached hydrogens (tertiary/aromatic N) is 3. The van der Waals surface area contributed by atoms with Crippen LogP contribution in [0.5, 0.6) is 0 Å². The average molecular weight is 638 g/mol. The van der Waals surface area contributed by atoms with Gasteiger partial charge in [0.2, 0.25) is 0 Å². The van der Waals surface area contributed by atoms with E-state index >= 15 is 0 Å². The van der Waals surface area contributed by atoms with Crippen LogP contribution in [0.3, 0.4) is 0 Å². The second kappa shape index (κ2) is 15.5. The molecule has 3 aliphatic rings. The maximum absolute atomic E-state index is 13.9. The number of halogens is 3. The second-order valence-corrected chi connectivity index (χ2v) is 12.5. The Morgan fingerprint density at radius 2 is 1.71 bits per heavy atom. The van der Waals surface area contributed by atoms with Crippen molar-refractivity contribution in [1.29, 1.82) is 0 Å². The molecule has 0 aromatic heterocycles. The molecule has 2 fully saturated rings. The highest BCUT2D eigenvalue weighted by Crippen LogP contribution is 2.34. The summed E-state index contributed by atoms with van der Waals surface area (Å²) in [5, 5.41) is 10.6. The van der Waals surface area contributed by atoms with Crippen molar-refractivity contribution < 1.29 is 42.1 Å². The molecule has 0 unspecified atom stereocenters. The number of amides is 1. The van der Waals surface area contributed by atoms with Gasteiger partial charge in [0, 0.05) is 50.9 Å². The van der Waals surface area contributed by atoms with Crippen LogP contribution in [0.2, 0.25) is 0 Å². The van der Waals surface area contributed by atoms with Gasteiger partial charge in [0.1, 0.15) is 12.2 Å². The van der Waals surface area contributed by atoms with E-state index in [1.807, 2.05) is 31.9 Å². The van der Waals surface area contributed by atoms with Crippen molar-refractivity contribution >= 4 is 23.8 Å². The molecule has 4 rings (SSSR count). The molecule has 0 radical (unpaired) electrons. The number of esters is 1. The Balaban J connectivity index is 1.62. The van der Waals surface area contributed by atoms with E-state index < -0.39 is 48.0 Å². The number of likely N-dealkylation sites (N-methyl/N-ethyl adjacent to an activating group) is 1. The number of alkyl halides is 3. The lowest BCUT2D eigenvalue weighted by molar-refractivity contribution is -0.151. The molecule has 3 heterocycles. The van der Waals surface area contributed by atoms with Crippen LogP contribution >= 0.6 is 0 Å². The number of aliphatic hydroxyl groups excluding tert-OH is 1. The van der Waals surface area contributed by atoms with E-state index in [1.165, 1.54) is 0 Å². The van der Waals surface area contributed by atoms with Crippen molar-refractivity contribution in [1.82, 2.24) is 9.80 Å². The molecule has 0 saturated carbocycles. The number of aliphatic hydroxyl groups is 1. The zero-order valence-electron chi connectivity index (χ0n) is 26.6. The molecular formula is C33H46F3N3O6. The monoisotopic (exact) mass is 637 g/mol. The van der Waals surface area contributed by atoms with Crippen molar-refractivity contribution in [3.8, 4) is 0 Å². The smallest absolute Gasteiger partial charge is 0.416 e.